The van der Waals surface area contributed by atoms with E-state index in [1.807, 2.05) is 0 Å². The highest BCUT2D eigenvalue weighted by molar-refractivity contribution is 6.36. The molecule has 0 aliphatic heterocycles. The van der Waals surface area contributed by atoms with E-state index < -0.39 is 5.91 Å². The molecule has 96 valence electrons. The van der Waals surface area contributed by atoms with E-state index in [4.69, 9.17) is 16.3 Å². The fourth-order valence-electron chi connectivity index (χ4n) is 1.81. The fraction of sp³-hybridized carbons (Fsp3) is 0.250. The average molecular weight is 269 g/mol. The van der Waals surface area contributed by atoms with Crippen LogP contribution in [0.4, 0.5) is 0 Å². The molecule has 0 aliphatic rings. The molecule has 1 heterocycles. The zero-order valence-corrected chi connectivity index (χ0v) is 10.8. The van der Waals surface area contributed by atoms with Gasteiger partial charge in [-0.2, -0.15) is 0 Å². The Kier molecular flexibility index (Phi) is 3.45. The number of ether oxygens (including phenoxy) is 1. The third-order valence-corrected chi connectivity index (χ3v) is 3.05. The van der Waals surface area contributed by atoms with Gasteiger partial charge >= 0.3 is 0 Å². The number of hydroxylamine groups is 2. The van der Waals surface area contributed by atoms with Crippen molar-refractivity contribution in [2.45, 2.75) is 13.5 Å². The van der Waals surface area contributed by atoms with Gasteiger partial charge in [0, 0.05) is 24.1 Å². The van der Waals surface area contributed by atoms with E-state index >= 15 is 0 Å². The van der Waals surface area contributed by atoms with Crippen LogP contribution in [0.15, 0.2) is 18.3 Å². The molecule has 0 radical (unpaired) electrons. The number of amides is 1. The number of carbonyl (C=O) groups is 1. The standard InChI is InChI=1S/C12H13ClN2O3/c1-7(16)15(17)6-8-5-14-12-10(18-2)4-3-9(13)11(8)12/h3-5,14,17H,6H2,1-2H3. The van der Waals surface area contributed by atoms with Crippen LogP contribution in [-0.2, 0) is 11.3 Å². The maximum absolute atomic E-state index is 11.0. The number of aromatic nitrogens is 1. The number of nitrogens with zero attached hydrogens (tertiary/aromatic N) is 1. The summed E-state index contributed by atoms with van der Waals surface area (Å²) in [5, 5.41) is 11.4. The molecule has 0 unspecified atom stereocenters. The molecule has 18 heavy (non-hydrogen) atoms. The van der Waals surface area contributed by atoms with Crippen LogP contribution in [0.5, 0.6) is 5.75 Å². The molecule has 2 rings (SSSR count). The number of methoxy groups -OCH3 is 1. The molecule has 6 heteroatoms. The number of aromatic amines is 1. The van der Waals surface area contributed by atoms with Crippen LogP contribution in [0.1, 0.15) is 12.5 Å². The summed E-state index contributed by atoms with van der Waals surface area (Å²) in [6.45, 7) is 1.36. The minimum absolute atomic E-state index is 0.0716. The van der Waals surface area contributed by atoms with Crippen molar-refractivity contribution in [3.8, 4) is 5.75 Å². The van der Waals surface area contributed by atoms with E-state index in [0.717, 1.165) is 16.5 Å². The van der Waals surface area contributed by atoms with Crippen molar-refractivity contribution in [1.82, 2.24) is 10.0 Å². The lowest BCUT2D eigenvalue weighted by molar-refractivity contribution is -0.165. The van der Waals surface area contributed by atoms with Crippen LogP contribution < -0.4 is 4.74 Å². The first-order chi connectivity index (χ1) is 8.54. The Hall–Kier alpha value is -1.72. The highest BCUT2D eigenvalue weighted by Gasteiger charge is 2.15. The zero-order chi connectivity index (χ0) is 13.3. The van der Waals surface area contributed by atoms with E-state index in [-0.39, 0.29) is 6.54 Å². The van der Waals surface area contributed by atoms with Gasteiger partial charge in [-0.3, -0.25) is 10.0 Å². The number of benzene rings is 1. The Balaban J connectivity index is 2.50. The third-order valence-electron chi connectivity index (χ3n) is 2.73. The van der Waals surface area contributed by atoms with E-state index in [1.54, 1.807) is 25.4 Å². The molecule has 1 aromatic carbocycles. The number of fused-ring (bicyclic) bond motifs is 1. The van der Waals surface area contributed by atoms with Crippen LogP contribution in [-0.4, -0.2) is 28.3 Å². The second-order valence-electron chi connectivity index (χ2n) is 3.89. The van der Waals surface area contributed by atoms with Crippen LogP contribution in [0.25, 0.3) is 10.9 Å². The van der Waals surface area contributed by atoms with Crippen molar-refractivity contribution in [2.75, 3.05) is 7.11 Å². The monoisotopic (exact) mass is 268 g/mol. The molecule has 2 N–H and O–H groups in total. The Morgan fingerprint density at radius 2 is 2.28 bits per heavy atom. The van der Waals surface area contributed by atoms with Gasteiger partial charge in [-0.25, -0.2) is 5.06 Å². The van der Waals surface area contributed by atoms with Crippen molar-refractivity contribution < 1.29 is 14.7 Å². The van der Waals surface area contributed by atoms with Gasteiger partial charge in [-0.1, -0.05) is 11.6 Å². The lowest BCUT2D eigenvalue weighted by Crippen LogP contribution is -2.23. The molecule has 1 aromatic heterocycles. The van der Waals surface area contributed by atoms with Crippen molar-refractivity contribution >= 4 is 28.4 Å². The van der Waals surface area contributed by atoms with E-state index in [0.29, 0.717) is 15.8 Å². The van der Waals surface area contributed by atoms with E-state index in [2.05, 4.69) is 4.98 Å². The van der Waals surface area contributed by atoms with Crippen molar-refractivity contribution in [2.24, 2.45) is 0 Å². The molecule has 0 atom stereocenters. The fourth-order valence-corrected chi connectivity index (χ4v) is 2.09. The minimum Gasteiger partial charge on any atom is -0.495 e. The molecule has 0 fully saturated rings. The number of nitrogens with one attached hydrogen (secondary N) is 1. The normalized spacial score (nSPS) is 10.7. The number of halogens is 1. The van der Waals surface area contributed by atoms with E-state index in [1.165, 1.54) is 6.92 Å². The van der Waals surface area contributed by atoms with Gasteiger partial charge in [0.1, 0.15) is 5.75 Å². The second kappa shape index (κ2) is 4.88. The van der Waals surface area contributed by atoms with Gasteiger partial charge in [0.15, 0.2) is 0 Å². The molecule has 0 bridgehead atoms. The van der Waals surface area contributed by atoms with Crippen molar-refractivity contribution in [3.05, 3.63) is 28.9 Å². The Morgan fingerprint density at radius 3 is 2.89 bits per heavy atom. The zero-order valence-electron chi connectivity index (χ0n) is 10.0. The highest BCUT2D eigenvalue weighted by atomic mass is 35.5. The van der Waals surface area contributed by atoms with E-state index in [9.17, 15) is 10.0 Å². The maximum atomic E-state index is 11.0. The summed E-state index contributed by atoms with van der Waals surface area (Å²) in [4.78, 5) is 14.1. The van der Waals surface area contributed by atoms with Gasteiger partial charge < -0.3 is 9.72 Å². The summed E-state index contributed by atoms with van der Waals surface area (Å²) >= 11 is 6.13. The first-order valence-electron chi connectivity index (χ1n) is 5.34. The van der Waals surface area contributed by atoms with Gasteiger partial charge in [0.05, 0.1) is 24.2 Å². The Morgan fingerprint density at radius 1 is 1.56 bits per heavy atom. The Labute approximate surface area is 109 Å². The quantitative estimate of drug-likeness (QED) is 0.664. The molecule has 5 nitrogen and oxygen atoms in total. The number of rotatable bonds is 3. The molecule has 0 saturated carbocycles. The third kappa shape index (κ3) is 2.14. The largest absolute Gasteiger partial charge is 0.495 e. The summed E-state index contributed by atoms with van der Waals surface area (Å²) < 4.78 is 5.22. The maximum Gasteiger partial charge on any atom is 0.243 e. The molecular weight excluding hydrogens is 256 g/mol. The lowest BCUT2D eigenvalue weighted by atomic mass is 10.1. The van der Waals surface area contributed by atoms with Crippen molar-refractivity contribution in [3.63, 3.8) is 0 Å². The number of H-pyrrole nitrogens is 1. The SMILES string of the molecule is COc1ccc(Cl)c2c(CN(O)C(C)=O)c[nH]c12. The summed E-state index contributed by atoms with van der Waals surface area (Å²) in [5.41, 5.74) is 1.48. The van der Waals surface area contributed by atoms with Crippen molar-refractivity contribution in [1.29, 1.82) is 0 Å². The number of hydrogen-bond acceptors (Lipinski definition) is 3. The minimum atomic E-state index is -0.427. The highest BCUT2D eigenvalue weighted by Crippen LogP contribution is 2.33. The molecular formula is C12H13ClN2O3. The molecule has 2 aromatic rings. The van der Waals surface area contributed by atoms with Crippen LogP contribution >= 0.6 is 11.6 Å². The molecule has 0 spiro atoms. The molecule has 1 amide bonds. The summed E-state index contributed by atoms with van der Waals surface area (Å²) in [6.07, 6.45) is 1.70. The van der Waals surface area contributed by atoms with Gasteiger partial charge in [-0.05, 0) is 12.1 Å². The Bertz CT molecular complexity index is 594. The summed E-state index contributed by atoms with van der Waals surface area (Å²) in [6, 6.07) is 3.47. The topological polar surface area (TPSA) is 65.6 Å². The summed E-state index contributed by atoms with van der Waals surface area (Å²) in [7, 11) is 1.57. The predicted molar refractivity (Wildman–Crippen MR) is 67.9 cm³/mol. The van der Waals surface area contributed by atoms with Gasteiger partial charge in [-0.15, -0.1) is 0 Å². The van der Waals surface area contributed by atoms with Crippen LogP contribution in [0.2, 0.25) is 5.02 Å². The van der Waals surface area contributed by atoms with Crippen LogP contribution in [0, 0.1) is 0 Å². The summed E-state index contributed by atoms with van der Waals surface area (Å²) in [5.74, 6) is 0.233. The molecule has 0 aliphatic carbocycles. The first kappa shape index (κ1) is 12.7. The van der Waals surface area contributed by atoms with Gasteiger partial charge in [0.2, 0.25) is 5.91 Å². The number of carbonyl (C=O) groups excluding carboxylic acids is 1. The average Bonchev–Trinajstić information content (AvgIpc) is 2.74. The lowest BCUT2D eigenvalue weighted by Gasteiger charge is -2.12. The number of hydrogen-bond donors (Lipinski definition) is 2. The second-order valence-corrected chi connectivity index (χ2v) is 4.30. The van der Waals surface area contributed by atoms with Crippen LogP contribution in [0.3, 0.4) is 0 Å². The smallest absolute Gasteiger partial charge is 0.243 e. The first-order valence-corrected chi connectivity index (χ1v) is 5.71. The van der Waals surface area contributed by atoms with Gasteiger partial charge in [0.25, 0.3) is 0 Å². The molecule has 0 saturated heterocycles. The predicted octanol–water partition coefficient (Wildman–Crippen LogP) is 2.57.